The van der Waals surface area contributed by atoms with E-state index in [1.165, 1.54) is 43.0 Å². The van der Waals surface area contributed by atoms with Crippen LogP contribution in [-0.2, 0) is 0 Å². The van der Waals surface area contributed by atoms with E-state index in [0.29, 0.717) is 0 Å². The molecular formula is C16H20FNS. The first kappa shape index (κ1) is 13.1. The molecule has 0 bridgehead atoms. The predicted molar refractivity (Wildman–Crippen MR) is 79.9 cm³/mol. The van der Waals surface area contributed by atoms with Gasteiger partial charge in [0, 0.05) is 15.6 Å². The van der Waals surface area contributed by atoms with Gasteiger partial charge >= 0.3 is 0 Å². The van der Waals surface area contributed by atoms with E-state index in [2.05, 4.69) is 6.07 Å². The highest BCUT2D eigenvalue weighted by Crippen LogP contribution is 2.35. The topological polar surface area (TPSA) is 26.0 Å². The zero-order valence-corrected chi connectivity index (χ0v) is 11.9. The molecule has 1 atom stereocenters. The third kappa shape index (κ3) is 2.98. The molecule has 0 aliphatic heterocycles. The minimum atomic E-state index is -0.169. The predicted octanol–water partition coefficient (Wildman–Crippen LogP) is 5.01. The molecule has 1 aliphatic carbocycles. The smallest absolute Gasteiger partial charge is 0.123 e. The number of hydrogen-bond acceptors (Lipinski definition) is 2. The van der Waals surface area contributed by atoms with E-state index in [-0.39, 0.29) is 11.9 Å². The van der Waals surface area contributed by atoms with Gasteiger partial charge in [-0.25, -0.2) is 4.39 Å². The molecule has 1 saturated carbocycles. The van der Waals surface area contributed by atoms with Crippen LogP contribution in [0.2, 0.25) is 0 Å². The normalized spacial score (nSPS) is 18.8. The molecule has 0 spiro atoms. The first-order valence-corrected chi connectivity index (χ1v) is 7.98. The molecule has 1 aromatic heterocycles. The van der Waals surface area contributed by atoms with Crippen molar-refractivity contribution in [2.45, 2.75) is 44.6 Å². The highest BCUT2D eigenvalue weighted by atomic mass is 32.1. The van der Waals surface area contributed by atoms with E-state index < -0.39 is 0 Å². The number of hydrogen-bond donors (Lipinski definition) is 1. The van der Waals surface area contributed by atoms with Crippen LogP contribution in [0.15, 0.2) is 24.3 Å². The van der Waals surface area contributed by atoms with Crippen molar-refractivity contribution in [2.75, 3.05) is 0 Å². The summed E-state index contributed by atoms with van der Waals surface area (Å²) in [7, 11) is 0. The van der Waals surface area contributed by atoms with Crippen LogP contribution in [0.5, 0.6) is 0 Å². The average Bonchev–Trinajstić information content (AvgIpc) is 2.83. The Labute approximate surface area is 117 Å². The van der Waals surface area contributed by atoms with Crippen molar-refractivity contribution >= 4 is 21.4 Å². The third-order valence-electron chi connectivity index (χ3n) is 4.17. The van der Waals surface area contributed by atoms with E-state index in [9.17, 15) is 4.39 Å². The minimum Gasteiger partial charge on any atom is -0.323 e. The van der Waals surface area contributed by atoms with E-state index in [1.807, 2.05) is 6.07 Å². The van der Waals surface area contributed by atoms with Crippen LogP contribution in [0.1, 0.15) is 49.4 Å². The summed E-state index contributed by atoms with van der Waals surface area (Å²) in [6.07, 6.45) is 7.83. The quantitative estimate of drug-likeness (QED) is 0.838. The molecule has 1 nitrogen and oxygen atoms in total. The Morgan fingerprint density at radius 2 is 2.00 bits per heavy atom. The number of thiophene rings is 1. The van der Waals surface area contributed by atoms with Crippen LogP contribution < -0.4 is 5.73 Å². The molecule has 0 amide bonds. The molecule has 1 aromatic carbocycles. The number of benzene rings is 1. The SMILES string of the molecule is NC(CC1CCCCC1)c1cc2cc(F)ccc2s1. The van der Waals surface area contributed by atoms with Gasteiger partial charge in [0.25, 0.3) is 0 Å². The van der Waals surface area contributed by atoms with Gasteiger partial charge in [0.05, 0.1) is 0 Å². The molecule has 1 unspecified atom stereocenters. The molecule has 2 N–H and O–H groups in total. The summed E-state index contributed by atoms with van der Waals surface area (Å²) in [5, 5.41) is 0.985. The molecule has 0 radical (unpaired) electrons. The molecule has 1 aliphatic rings. The Hall–Kier alpha value is -0.930. The average molecular weight is 277 g/mol. The first-order chi connectivity index (χ1) is 9.22. The fourth-order valence-corrected chi connectivity index (χ4v) is 4.17. The highest BCUT2D eigenvalue weighted by molar-refractivity contribution is 7.19. The van der Waals surface area contributed by atoms with Crippen molar-refractivity contribution in [3.05, 3.63) is 35.0 Å². The van der Waals surface area contributed by atoms with E-state index in [1.54, 1.807) is 17.4 Å². The van der Waals surface area contributed by atoms with Gasteiger partial charge in [-0.05, 0) is 42.0 Å². The molecule has 1 heterocycles. The molecule has 0 saturated heterocycles. The van der Waals surface area contributed by atoms with Crippen LogP contribution >= 0.6 is 11.3 Å². The highest BCUT2D eigenvalue weighted by Gasteiger charge is 2.19. The van der Waals surface area contributed by atoms with Crippen molar-refractivity contribution in [3.8, 4) is 0 Å². The lowest BCUT2D eigenvalue weighted by atomic mass is 9.85. The van der Waals surface area contributed by atoms with Crippen LogP contribution in [0.3, 0.4) is 0 Å². The van der Waals surface area contributed by atoms with Crippen LogP contribution in [0.4, 0.5) is 4.39 Å². The second kappa shape index (κ2) is 5.59. The van der Waals surface area contributed by atoms with Gasteiger partial charge in [0.1, 0.15) is 5.82 Å². The van der Waals surface area contributed by atoms with Gasteiger partial charge in [0.2, 0.25) is 0 Å². The number of fused-ring (bicyclic) bond motifs is 1. The Kier molecular flexibility index (Phi) is 3.85. The summed E-state index contributed by atoms with van der Waals surface area (Å²) in [6, 6.07) is 7.16. The van der Waals surface area contributed by atoms with Gasteiger partial charge in [-0.15, -0.1) is 11.3 Å². The Bertz CT molecular complexity index is 557. The van der Waals surface area contributed by atoms with Gasteiger partial charge < -0.3 is 5.73 Å². The van der Waals surface area contributed by atoms with Gasteiger partial charge in [-0.3, -0.25) is 0 Å². The van der Waals surface area contributed by atoms with E-state index >= 15 is 0 Å². The molecule has 3 rings (SSSR count). The van der Waals surface area contributed by atoms with Gasteiger partial charge in [-0.1, -0.05) is 32.1 Å². The van der Waals surface area contributed by atoms with Crippen LogP contribution in [0.25, 0.3) is 10.1 Å². The first-order valence-electron chi connectivity index (χ1n) is 7.17. The fraction of sp³-hybridized carbons (Fsp3) is 0.500. The van der Waals surface area contributed by atoms with Crippen molar-refractivity contribution in [1.29, 1.82) is 0 Å². The van der Waals surface area contributed by atoms with Crippen molar-refractivity contribution in [1.82, 2.24) is 0 Å². The fourth-order valence-electron chi connectivity index (χ4n) is 3.12. The third-order valence-corrected chi connectivity index (χ3v) is 5.42. The van der Waals surface area contributed by atoms with Crippen molar-refractivity contribution < 1.29 is 4.39 Å². The van der Waals surface area contributed by atoms with E-state index in [4.69, 9.17) is 5.73 Å². The second-order valence-electron chi connectivity index (χ2n) is 5.68. The lowest BCUT2D eigenvalue weighted by Crippen LogP contribution is -2.16. The molecule has 102 valence electrons. The lowest BCUT2D eigenvalue weighted by Gasteiger charge is -2.24. The van der Waals surface area contributed by atoms with Crippen LogP contribution in [0, 0.1) is 11.7 Å². The second-order valence-corrected chi connectivity index (χ2v) is 6.79. The maximum Gasteiger partial charge on any atom is 0.123 e. The Morgan fingerprint density at radius 1 is 1.21 bits per heavy atom. The molecule has 3 heteroatoms. The molecule has 19 heavy (non-hydrogen) atoms. The Balaban J connectivity index is 1.75. The zero-order chi connectivity index (χ0) is 13.2. The standard InChI is InChI=1S/C16H20FNS/c17-13-6-7-15-12(9-13)10-16(19-15)14(18)8-11-4-2-1-3-5-11/h6-7,9-11,14H,1-5,8,18H2. The molecular weight excluding hydrogens is 257 g/mol. The maximum absolute atomic E-state index is 13.2. The number of halogens is 1. The lowest BCUT2D eigenvalue weighted by molar-refractivity contribution is 0.320. The van der Waals surface area contributed by atoms with Crippen LogP contribution in [-0.4, -0.2) is 0 Å². The maximum atomic E-state index is 13.2. The molecule has 1 fully saturated rings. The summed E-state index contributed by atoms with van der Waals surface area (Å²) in [5.74, 6) is 0.614. The number of nitrogens with two attached hydrogens (primary N) is 1. The monoisotopic (exact) mass is 277 g/mol. The number of rotatable bonds is 3. The zero-order valence-electron chi connectivity index (χ0n) is 11.1. The minimum absolute atomic E-state index is 0.114. The molecule has 2 aromatic rings. The van der Waals surface area contributed by atoms with Gasteiger partial charge in [0.15, 0.2) is 0 Å². The summed E-state index contributed by atoms with van der Waals surface area (Å²) >= 11 is 1.71. The van der Waals surface area contributed by atoms with Crippen molar-refractivity contribution in [3.63, 3.8) is 0 Å². The summed E-state index contributed by atoms with van der Waals surface area (Å²) in [6.45, 7) is 0. The largest absolute Gasteiger partial charge is 0.323 e. The van der Waals surface area contributed by atoms with E-state index in [0.717, 1.165) is 22.4 Å². The van der Waals surface area contributed by atoms with Gasteiger partial charge in [-0.2, -0.15) is 0 Å². The Morgan fingerprint density at radius 3 is 2.79 bits per heavy atom. The summed E-state index contributed by atoms with van der Waals surface area (Å²) in [5.41, 5.74) is 6.34. The summed E-state index contributed by atoms with van der Waals surface area (Å²) < 4.78 is 14.3. The summed E-state index contributed by atoms with van der Waals surface area (Å²) in [4.78, 5) is 1.20. The van der Waals surface area contributed by atoms with Crippen molar-refractivity contribution in [2.24, 2.45) is 11.7 Å².